The number of rotatable bonds is 3. The molecule has 0 saturated carbocycles. The molecule has 0 saturated heterocycles. The molecule has 0 spiro atoms. The van der Waals surface area contributed by atoms with Crippen molar-refractivity contribution in [2.75, 3.05) is 4.90 Å². The number of nitrogens with zero attached hydrogens (tertiary/aromatic N) is 1. The number of benzene rings is 1. The molecule has 19 heavy (non-hydrogen) atoms. The molecule has 0 bridgehead atoms. The van der Waals surface area contributed by atoms with Gasteiger partial charge in [-0.2, -0.15) is 0 Å². The second kappa shape index (κ2) is 5.61. The van der Waals surface area contributed by atoms with Gasteiger partial charge in [-0.15, -0.1) is 0 Å². The molecular weight excluding hydrogens is 234 g/mol. The Morgan fingerprint density at radius 2 is 1.79 bits per heavy atom. The van der Waals surface area contributed by atoms with Gasteiger partial charge in [-0.3, -0.25) is 0 Å². The van der Waals surface area contributed by atoms with Crippen LogP contribution in [0.4, 0.5) is 5.69 Å². The van der Waals surface area contributed by atoms with Crippen LogP contribution >= 0.6 is 0 Å². The first kappa shape index (κ1) is 13.2. The Kier molecular flexibility index (Phi) is 3.91. The second-order valence-corrected chi connectivity index (χ2v) is 4.59. The molecule has 2 heteroatoms. The zero-order chi connectivity index (χ0) is 13.8. The minimum absolute atomic E-state index is 0.324. The van der Waals surface area contributed by atoms with Crippen molar-refractivity contribution in [3.8, 4) is 5.75 Å². The number of para-hydroxylation sites is 2. The maximum absolute atomic E-state index is 5.95. The third-order valence-corrected chi connectivity index (χ3v) is 2.92. The third kappa shape index (κ3) is 2.48. The SMILES string of the molecule is C=C/C=C1/Oc2ccccc2N(C(C)C)/C1=C/C=C. The normalized spacial score (nSPS) is 18.4. The van der Waals surface area contributed by atoms with Crippen LogP contribution in [-0.2, 0) is 0 Å². The Balaban J connectivity index is 2.63. The van der Waals surface area contributed by atoms with Gasteiger partial charge in [-0.1, -0.05) is 37.4 Å². The van der Waals surface area contributed by atoms with E-state index < -0.39 is 0 Å². The van der Waals surface area contributed by atoms with Gasteiger partial charge in [0.05, 0.1) is 11.4 Å². The van der Waals surface area contributed by atoms with E-state index in [4.69, 9.17) is 4.74 Å². The van der Waals surface area contributed by atoms with Crippen molar-refractivity contribution in [3.63, 3.8) is 0 Å². The summed E-state index contributed by atoms with van der Waals surface area (Å²) in [5.41, 5.74) is 2.08. The third-order valence-electron chi connectivity index (χ3n) is 2.92. The van der Waals surface area contributed by atoms with Crippen molar-refractivity contribution in [2.45, 2.75) is 19.9 Å². The number of fused-ring (bicyclic) bond motifs is 1. The summed E-state index contributed by atoms with van der Waals surface area (Å²) in [4.78, 5) is 2.25. The number of allylic oxidation sites excluding steroid dienone is 4. The first-order valence-corrected chi connectivity index (χ1v) is 6.41. The maximum Gasteiger partial charge on any atom is 0.151 e. The van der Waals surface area contributed by atoms with Crippen LogP contribution in [0.25, 0.3) is 0 Å². The molecule has 1 aromatic carbocycles. The molecule has 98 valence electrons. The van der Waals surface area contributed by atoms with Crippen LogP contribution in [0, 0.1) is 0 Å². The van der Waals surface area contributed by atoms with E-state index in [1.165, 1.54) is 0 Å². The molecule has 1 aliphatic rings. The van der Waals surface area contributed by atoms with Gasteiger partial charge in [0.25, 0.3) is 0 Å². The van der Waals surface area contributed by atoms with Gasteiger partial charge in [0.15, 0.2) is 11.5 Å². The number of ether oxygens (including phenoxy) is 1. The molecule has 0 N–H and O–H groups in total. The average Bonchev–Trinajstić information content (AvgIpc) is 2.39. The summed E-state index contributed by atoms with van der Waals surface area (Å²) in [6.45, 7) is 11.8. The largest absolute Gasteiger partial charge is 0.453 e. The molecule has 1 aliphatic heterocycles. The van der Waals surface area contributed by atoms with E-state index in [9.17, 15) is 0 Å². The van der Waals surface area contributed by atoms with E-state index in [-0.39, 0.29) is 0 Å². The standard InChI is InChI=1S/C17H19NO/c1-5-9-14-16(10-6-2)19-17-12-8-7-11-15(17)18(14)13(3)4/h5-13H,1-2H2,3-4H3/b14-9+,16-10+. The highest BCUT2D eigenvalue weighted by Crippen LogP contribution is 2.40. The second-order valence-electron chi connectivity index (χ2n) is 4.59. The monoisotopic (exact) mass is 253 g/mol. The summed E-state index contributed by atoms with van der Waals surface area (Å²) in [7, 11) is 0. The van der Waals surface area contributed by atoms with Crippen LogP contribution in [0.3, 0.4) is 0 Å². The van der Waals surface area contributed by atoms with E-state index in [0.717, 1.165) is 22.9 Å². The van der Waals surface area contributed by atoms with Crippen LogP contribution in [-0.4, -0.2) is 6.04 Å². The van der Waals surface area contributed by atoms with Gasteiger partial charge >= 0.3 is 0 Å². The molecule has 0 aliphatic carbocycles. The zero-order valence-corrected chi connectivity index (χ0v) is 11.5. The smallest absolute Gasteiger partial charge is 0.151 e. The molecule has 0 atom stereocenters. The summed E-state index contributed by atoms with van der Waals surface area (Å²) in [6, 6.07) is 8.36. The Hall–Kier alpha value is -2.22. The number of anilines is 1. The molecule has 0 radical (unpaired) electrons. The van der Waals surface area contributed by atoms with Crippen molar-refractivity contribution >= 4 is 5.69 Å². The highest BCUT2D eigenvalue weighted by Gasteiger charge is 2.27. The fraction of sp³-hybridized carbons (Fsp3) is 0.176. The van der Waals surface area contributed by atoms with Crippen LogP contribution < -0.4 is 9.64 Å². The molecule has 1 aromatic rings. The van der Waals surface area contributed by atoms with Gasteiger partial charge in [-0.05, 0) is 38.1 Å². The van der Waals surface area contributed by atoms with Crippen molar-refractivity contribution in [2.24, 2.45) is 0 Å². The Bertz CT molecular complexity index is 552. The fourth-order valence-corrected chi connectivity index (χ4v) is 2.22. The van der Waals surface area contributed by atoms with Crippen LogP contribution in [0.15, 0.2) is 73.2 Å². The molecule has 1 heterocycles. The molecule has 2 rings (SSSR count). The first-order valence-electron chi connectivity index (χ1n) is 6.41. The summed E-state index contributed by atoms with van der Waals surface area (Å²) < 4.78 is 5.95. The van der Waals surface area contributed by atoms with Gasteiger partial charge < -0.3 is 9.64 Å². The quantitative estimate of drug-likeness (QED) is 0.790. The summed E-state index contributed by atoms with van der Waals surface area (Å²) in [5, 5.41) is 0. The Labute approximate surface area is 115 Å². The lowest BCUT2D eigenvalue weighted by Crippen LogP contribution is -2.35. The molecule has 0 amide bonds. The summed E-state index contributed by atoms with van der Waals surface area (Å²) in [5.74, 6) is 1.66. The molecule has 0 unspecified atom stereocenters. The predicted molar refractivity (Wildman–Crippen MR) is 81.2 cm³/mol. The van der Waals surface area contributed by atoms with E-state index in [2.05, 4.69) is 38.0 Å². The van der Waals surface area contributed by atoms with Gasteiger partial charge in [-0.25, -0.2) is 0 Å². The molecule has 0 aromatic heterocycles. The van der Waals surface area contributed by atoms with E-state index >= 15 is 0 Å². The predicted octanol–water partition coefficient (Wildman–Crippen LogP) is 4.43. The summed E-state index contributed by atoms with van der Waals surface area (Å²) >= 11 is 0. The Morgan fingerprint density at radius 1 is 1.11 bits per heavy atom. The minimum Gasteiger partial charge on any atom is -0.453 e. The average molecular weight is 253 g/mol. The molecule has 2 nitrogen and oxygen atoms in total. The highest BCUT2D eigenvalue weighted by atomic mass is 16.5. The first-order chi connectivity index (χ1) is 9.19. The number of hydrogen-bond donors (Lipinski definition) is 0. The van der Waals surface area contributed by atoms with Gasteiger partial charge in [0, 0.05) is 6.04 Å². The lowest BCUT2D eigenvalue weighted by atomic mass is 10.1. The van der Waals surface area contributed by atoms with Gasteiger partial charge in [0.2, 0.25) is 0 Å². The highest BCUT2D eigenvalue weighted by molar-refractivity contribution is 5.69. The van der Waals surface area contributed by atoms with E-state index in [1.807, 2.05) is 30.4 Å². The zero-order valence-electron chi connectivity index (χ0n) is 11.5. The van der Waals surface area contributed by atoms with Crippen molar-refractivity contribution < 1.29 is 4.74 Å². The molecule has 0 fully saturated rings. The molecular formula is C17H19NO. The van der Waals surface area contributed by atoms with Crippen molar-refractivity contribution in [1.82, 2.24) is 0 Å². The van der Waals surface area contributed by atoms with Crippen LogP contribution in [0.5, 0.6) is 5.75 Å². The lowest BCUT2D eigenvalue weighted by Gasteiger charge is -2.37. The van der Waals surface area contributed by atoms with Crippen molar-refractivity contribution in [3.05, 3.63) is 73.2 Å². The minimum atomic E-state index is 0.324. The van der Waals surface area contributed by atoms with Crippen LogP contribution in [0.2, 0.25) is 0 Å². The van der Waals surface area contributed by atoms with Gasteiger partial charge in [0.1, 0.15) is 0 Å². The summed E-state index contributed by atoms with van der Waals surface area (Å²) in [6.07, 6.45) is 7.35. The maximum atomic E-state index is 5.95. The topological polar surface area (TPSA) is 12.5 Å². The Morgan fingerprint density at radius 3 is 2.42 bits per heavy atom. The van der Waals surface area contributed by atoms with E-state index in [1.54, 1.807) is 12.2 Å². The lowest BCUT2D eigenvalue weighted by molar-refractivity contribution is 0.414. The van der Waals surface area contributed by atoms with Crippen LogP contribution in [0.1, 0.15) is 13.8 Å². The fourth-order valence-electron chi connectivity index (χ4n) is 2.22. The van der Waals surface area contributed by atoms with Crippen molar-refractivity contribution in [1.29, 1.82) is 0 Å². The number of hydrogen-bond acceptors (Lipinski definition) is 2. The van der Waals surface area contributed by atoms with E-state index in [0.29, 0.717) is 6.04 Å².